The van der Waals surface area contributed by atoms with Crippen LogP contribution in [-0.4, -0.2) is 19.2 Å². The monoisotopic (exact) mass is 351 g/mol. The predicted molar refractivity (Wildman–Crippen MR) is 102 cm³/mol. The molecule has 4 heteroatoms. The van der Waals surface area contributed by atoms with Crippen molar-refractivity contribution in [1.82, 2.24) is 0 Å². The van der Waals surface area contributed by atoms with Crippen molar-refractivity contribution in [1.29, 1.82) is 0 Å². The molecule has 1 amide bonds. The van der Waals surface area contributed by atoms with Gasteiger partial charge in [0.2, 0.25) is 12.7 Å². The summed E-state index contributed by atoms with van der Waals surface area (Å²) in [6, 6.07) is 10.2. The highest BCUT2D eigenvalue weighted by Gasteiger charge is 2.39. The number of benzene rings is 2. The van der Waals surface area contributed by atoms with Crippen LogP contribution in [0.3, 0.4) is 0 Å². The molecule has 0 N–H and O–H groups in total. The van der Waals surface area contributed by atoms with Gasteiger partial charge in [-0.3, -0.25) is 4.79 Å². The molecule has 2 aliphatic rings. The van der Waals surface area contributed by atoms with Crippen LogP contribution in [0.15, 0.2) is 30.3 Å². The van der Waals surface area contributed by atoms with Crippen LogP contribution in [0.2, 0.25) is 0 Å². The smallest absolute Gasteiger partial charge is 0.239 e. The van der Waals surface area contributed by atoms with Gasteiger partial charge < -0.3 is 14.4 Å². The molecular weight excluding hydrogens is 326 g/mol. The average molecular weight is 351 g/mol. The second-order valence-corrected chi connectivity index (χ2v) is 7.26. The van der Waals surface area contributed by atoms with Crippen LogP contribution in [0.4, 0.5) is 5.69 Å². The van der Waals surface area contributed by atoms with E-state index in [1.165, 1.54) is 11.1 Å². The van der Waals surface area contributed by atoms with Crippen molar-refractivity contribution in [3.05, 3.63) is 52.6 Å². The molecule has 2 aromatic rings. The van der Waals surface area contributed by atoms with Crippen LogP contribution >= 0.6 is 0 Å². The van der Waals surface area contributed by atoms with E-state index in [9.17, 15) is 4.79 Å². The lowest BCUT2D eigenvalue weighted by Crippen LogP contribution is -2.30. The van der Waals surface area contributed by atoms with E-state index in [1.807, 2.05) is 23.1 Å². The lowest BCUT2D eigenvalue weighted by molar-refractivity contribution is -0.118. The number of anilines is 1. The van der Waals surface area contributed by atoms with Gasteiger partial charge in [0.25, 0.3) is 0 Å². The number of fused-ring (bicyclic) bond motifs is 2. The minimum absolute atomic E-state index is 0.170. The van der Waals surface area contributed by atoms with E-state index >= 15 is 0 Å². The van der Waals surface area contributed by atoms with E-state index in [0.717, 1.165) is 54.1 Å². The molecule has 0 radical (unpaired) electrons. The molecule has 136 valence electrons. The Morgan fingerprint density at radius 1 is 1.08 bits per heavy atom. The van der Waals surface area contributed by atoms with Crippen molar-refractivity contribution >= 4 is 11.6 Å². The van der Waals surface area contributed by atoms with Crippen LogP contribution in [0.25, 0.3) is 0 Å². The summed E-state index contributed by atoms with van der Waals surface area (Å²) in [5.41, 5.74) is 5.55. The molecule has 1 atom stereocenters. The first-order valence-corrected chi connectivity index (χ1v) is 9.42. The van der Waals surface area contributed by atoms with Gasteiger partial charge in [-0.1, -0.05) is 43.5 Å². The van der Waals surface area contributed by atoms with Gasteiger partial charge in [0, 0.05) is 6.54 Å². The maximum Gasteiger partial charge on any atom is 0.239 e. The van der Waals surface area contributed by atoms with E-state index in [-0.39, 0.29) is 18.6 Å². The molecule has 4 nitrogen and oxygen atoms in total. The average Bonchev–Trinajstić information content (AvgIpc) is 3.17. The Balaban J connectivity index is 1.77. The third-order valence-corrected chi connectivity index (χ3v) is 5.28. The highest BCUT2D eigenvalue weighted by molar-refractivity contribution is 6.07. The molecule has 2 heterocycles. The van der Waals surface area contributed by atoms with Gasteiger partial charge >= 0.3 is 0 Å². The zero-order valence-electron chi connectivity index (χ0n) is 15.7. The van der Waals surface area contributed by atoms with E-state index in [4.69, 9.17) is 9.47 Å². The SMILES string of the molecule is CCCCCN1C(=O)C(c2ccc3c(c2)OCO3)c2cc(C)cc(C)c21. The number of rotatable bonds is 5. The quantitative estimate of drug-likeness (QED) is 0.733. The maximum atomic E-state index is 13.4. The van der Waals surface area contributed by atoms with Crippen LogP contribution in [0.5, 0.6) is 11.5 Å². The van der Waals surface area contributed by atoms with Crippen molar-refractivity contribution in [2.24, 2.45) is 0 Å². The van der Waals surface area contributed by atoms with Crippen LogP contribution in [0, 0.1) is 13.8 Å². The first-order chi connectivity index (χ1) is 12.6. The van der Waals surface area contributed by atoms with Gasteiger partial charge in [-0.25, -0.2) is 0 Å². The Morgan fingerprint density at radius 3 is 2.69 bits per heavy atom. The molecular formula is C22H25NO3. The number of hydrogen-bond acceptors (Lipinski definition) is 3. The molecule has 0 aliphatic carbocycles. The van der Waals surface area contributed by atoms with Crippen molar-refractivity contribution in [3.63, 3.8) is 0 Å². The molecule has 26 heavy (non-hydrogen) atoms. The Morgan fingerprint density at radius 2 is 1.88 bits per heavy atom. The summed E-state index contributed by atoms with van der Waals surface area (Å²) in [4.78, 5) is 15.4. The zero-order chi connectivity index (χ0) is 18.3. The summed E-state index contributed by atoms with van der Waals surface area (Å²) in [6.45, 7) is 7.41. The summed E-state index contributed by atoms with van der Waals surface area (Å²) in [7, 11) is 0. The fraction of sp³-hybridized carbons (Fsp3) is 0.409. The van der Waals surface area contributed by atoms with Crippen LogP contribution in [0.1, 0.15) is 54.4 Å². The van der Waals surface area contributed by atoms with Crippen molar-refractivity contribution in [2.45, 2.75) is 46.0 Å². The van der Waals surface area contributed by atoms with Crippen molar-refractivity contribution in [2.75, 3.05) is 18.2 Å². The van der Waals surface area contributed by atoms with E-state index in [1.54, 1.807) is 0 Å². The largest absolute Gasteiger partial charge is 0.454 e. The van der Waals surface area contributed by atoms with Gasteiger partial charge in [0.05, 0.1) is 11.6 Å². The number of unbranched alkanes of at least 4 members (excludes halogenated alkanes) is 2. The number of amides is 1. The molecule has 2 aromatic carbocycles. The molecule has 2 aliphatic heterocycles. The number of ether oxygens (including phenoxy) is 2. The highest BCUT2D eigenvalue weighted by Crippen LogP contribution is 2.45. The number of carbonyl (C=O) groups is 1. The lowest BCUT2D eigenvalue weighted by atomic mass is 9.90. The summed E-state index contributed by atoms with van der Waals surface area (Å²) in [5.74, 6) is 1.38. The van der Waals surface area contributed by atoms with E-state index < -0.39 is 0 Å². The summed E-state index contributed by atoms with van der Waals surface area (Å²) in [6.07, 6.45) is 3.31. The third-order valence-electron chi connectivity index (χ3n) is 5.28. The van der Waals surface area contributed by atoms with Crippen LogP contribution in [-0.2, 0) is 4.79 Å². The normalized spacial score (nSPS) is 17.7. The van der Waals surface area contributed by atoms with Gasteiger partial charge in [-0.15, -0.1) is 0 Å². The van der Waals surface area contributed by atoms with E-state index in [0.29, 0.717) is 0 Å². The molecule has 0 saturated heterocycles. The Hall–Kier alpha value is -2.49. The molecule has 1 unspecified atom stereocenters. The standard InChI is InChI=1S/C22H25NO3/c1-4-5-6-9-23-21-15(3)10-14(2)11-17(21)20(22(23)24)16-7-8-18-19(12-16)26-13-25-18/h7-8,10-12,20H,4-6,9,13H2,1-3H3. The van der Waals surface area contributed by atoms with Gasteiger partial charge in [-0.2, -0.15) is 0 Å². The van der Waals surface area contributed by atoms with Crippen molar-refractivity contribution in [3.8, 4) is 11.5 Å². The Kier molecular flexibility index (Phi) is 4.35. The fourth-order valence-corrected chi connectivity index (χ4v) is 4.14. The van der Waals surface area contributed by atoms with Crippen molar-refractivity contribution < 1.29 is 14.3 Å². The third kappa shape index (κ3) is 2.74. The van der Waals surface area contributed by atoms with E-state index in [2.05, 4.69) is 32.9 Å². The summed E-state index contributed by atoms with van der Waals surface area (Å²) >= 11 is 0. The molecule has 0 spiro atoms. The zero-order valence-corrected chi connectivity index (χ0v) is 15.7. The number of hydrogen-bond donors (Lipinski definition) is 0. The predicted octanol–water partition coefficient (Wildman–Crippen LogP) is 4.70. The molecule has 4 rings (SSSR count). The maximum absolute atomic E-state index is 13.4. The minimum atomic E-state index is -0.264. The topological polar surface area (TPSA) is 38.8 Å². The Labute approximate surface area is 154 Å². The van der Waals surface area contributed by atoms with Gasteiger partial charge in [0.15, 0.2) is 11.5 Å². The minimum Gasteiger partial charge on any atom is -0.454 e. The Bertz CT molecular complexity index is 859. The lowest BCUT2D eigenvalue weighted by Gasteiger charge is -2.20. The van der Waals surface area contributed by atoms with Gasteiger partial charge in [-0.05, 0) is 49.1 Å². The second-order valence-electron chi connectivity index (χ2n) is 7.26. The molecule has 0 saturated carbocycles. The number of aryl methyl sites for hydroxylation is 2. The second kappa shape index (κ2) is 6.67. The molecule has 0 bridgehead atoms. The van der Waals surface area contributed by atoms with Crippen LogP contribution < -0.4 is 14.4 Å². The first kappa shape index (κ1) is 17.0. The summed E-state index contributed by atoms with van der Waals surface area (Å²) in [5, 5.41) is 0. The molecule has 0 aromatic heterocycles. The number of nitrogens with zero attached hydrogens (tertiary/aromatic N) is 1. The fourth-order valence-electron chi connectivity index (χ4n) is 4.14. The highest BCUT2D eigenvalue weighted by atomic mass is 16.7. The molecule has 0 fully saturated rings. The first-order valence-electron chi connectivity index (χ1n) is 9.42. The number of carbonyl (C=O) groups excluding carboxylic acids is 1. The summed E-state index contributed by atoms with van der Waals surface area (Å²) < 4.78 is 10.9. The van der Waals surface area contributed by atoms with Gasteiger partial charge in [0.1, 0.15) is 0 Å².